The number of primary amides is 1. The van der Waals surface area contributed by atoms with Crippen molar-refractivity contribution in [1.29, 1.82) is 0 Å². The summed E-state index contributed by atoms with van der Waals surface area (Å²) in [5, 5.41) is 0. The molecule has 1 heterocycles. The van der Waals surface area contributed by atoms with Gasteiger partial charge < -0.3 is 10.6 Å². The van der Waals surface area contributed by atoms with Crippen LogP contribution in [-0.2, 0) is 4.79 Å². The van der Waals surface area contributed by atoms with E-state index in [-0.39, 0.29) is 11.9 Å². The molecule has 0 radical (unpaired) electrons. The fourth-order valence-electron chi connectivity index (χ4n) is 2.51. The van der Waals surface area contributed by atoms with E-state index in [1.807, 2.05) is 43.3 Å². The lowest BCUT2D eigenvalue weighted by atomic mass is 10.0. The number of benzene rings is 1. The largest absolute Gasteiger partial charge is 0.378 e. The predicted octanol–water partition coefficient (Wildman–Crippen LogP) is 1.37. The van der Waals surface area contributed by atoms with E-state index in [0.717, 1.165) is 37.2 Å². The average molecular weight is 247 g/mol. The van der Waals surface area contributed by atoms with Crippen LogP contribution in [0, 0.1) is 0 Å². The maximum Gasteiger partial charge on any atom is 0.239 e. The zero-order chi connectivity index (χ0) is 13.1. The van der Waals surface area contributed by atoms with Gasteiger partial charge in [-0.15, -0.1) is 0 Å². The van der Waals surface area contributed by atoms with Crippen LogP contribution in [-0.4, -0.2) is 38.0 Å². The first kappa shape index (κ1) is 12.9. The Morgan fingerprint density at radius 2 is 1.78 bits per heavy atom. The minimum atomic E-state index is -0.274. The third-order valence-electron chi connectivity index (χ3n) is 3.50. The van der Waals surface area contributed by atoms with Crippen molar-refractivity contribution in [2.24, 2.45) is 5.73 Å². The SMILES string of the molecule is CN(C)c1ccc(C(C(N)=O)N2CCCC2)cc1. The van der Waals surface area contributed by atoms with E-state index >= 15 is 0 Å². The first-order valence-electron chi connectivity index (χ1n) is 6.40. The van der Waals surface area contributed by atoms with Gasteiger partial charge in [-0.25, -0.2) is 0 Å². The van der Waals surface area contributed by atoms with Crippen LogP contribution in [0.2, 0.25) is 0 Å². The molecule has 1 unspecified atom stereocenters. The number of likely N-dealkylation sites (tertiary alicyclic amines) is 1. The van der Waals surface area contributed by atoms with Crippen molar-refractivity contribution in [1.82, 2.24) is 4.90 Å². The normalized spacial score (nSPS) is 17.7. The van der Waals surface area contributed by atoms with Gasteiger partial charge in [-0.05, 0) is 43.6 Å². The number of nitrogens with two attached hydrogens (primary N) is 1. The molecule has 4 heteroatoms. The quantitative estimate of drug-likeness (QED) is 0.874. The van der Waals surface area contributed by atoms with Crippen molar-refractivity contribution < 1.29 is 4.79 Å². The smallest absolute Gasteiger partial charge is 0.239 e. The molecule has 0 saturated carbocycles. The van der Waals surface area contributed by atoms with Crippen LogP contribution in [0.3, 0.4) is 0 Å². The van der Waals surface area contributed by atoms with Crippen LogP contribution in [0.1, 0.15) is 24.4 Å². The Bertz CT molecular complexity index is 408. The predicted molar refractivity (Wildman–Crippen MR) is 73.5 cm³/mol. The van der Waals surface area contributed by atoms with Crippen LogP contribution in [0.4, 0.5) is 5.69 Å². The number of hydrogen-bond acceptors (Lipinski definition) is 3. The van der Waals surface area contributed by atoms with E-state index in [9.17, 15) is 4.79 Å². The molecule has 1 atom stereocenters. The Morgan fingerprint density at radius 3 is 2.22 bits per heavy atom. The number of hydrogen-bond donors (Lipinski definition) is 1. The number of anilines is 1. The topological polar surface area (TPSA) is 49.6 Å². The summed E-state index contributed by atoms with van der Waals surface area (Å²) in [4.78, 5) is 15.9. The highest BCUT2D eigenvalue weighted by atomic mass is 16.1. The number of carbonyl (C=O) groups is 1. The maximum absolute atomic E-state index is 11.7. The van der Waals surface area contributed by atoms with Crippen molar-refractivity contribution >= 4 is 11.6 Å². The van der Waals surface area contributed by atoms with Crippen LogP contribution >= 0.6 is 0 Å². The molecular formula is C14H21N3O. The second-order valence-electron chi connectivity index (χ2n) is 5.03. The molecule has 0 spiro atoms. The molecular weight excluding hydrogens is 226 g/mol. The van der Waals surface area contributed by atoms with Crippen molar-refractivity contribution in [3.63, 3.8) is 0 Å². The van der Waals surface area contributed by atoms with E-state index in [2.05, 4.69) is 4.90 Å². The van der Waals surface area contributed by atoms with Crippen molar-refractivity contribution in [3.8, 4) is 0 Å². The zero-order valence-electron chi connectivity index (χ0n) is 11.1. The Hall–Kier alpha value is -1.55. The second kappa shape index (κ2) is 5.40. The number of amides is 1. The van der Waals surface area contributed by atoms with Gasteiger partial charge in [0, 0.05) is 19.8 Å². The Kier molecular flexibility index (Phi) is 3.87. The van der Waals surface area contributed by atoms with Crippen LogP contribution in [0.5, 0.6) is 0 Å². The highest BCUT2D eigenvalue weighted by Crippen LogP contribution is 2.26. The fraction of sp³-hybridized carbons (Fsp3) is 0.500. The minimum Gasteiger partial charge on any atom is -0.378 e. The molecule has 1 aromatic carbocycles. The van der Waals surface area contributed by atoms with Crippen molar-refractivity contribution in [2.75, 3.05) is 32.1 Å². The lowest BCUT2D eigenvalue weighted by Gasteiger charge is -2.25. The molecule has 1 aliphatic heterocycles. The molecule has 1 aliphatic rings. The molecule has 0 bridgehead atoms. The van der Waals surface area contributed by atoms with Gasteiger partial charge >= 0.3 is 0 Å². The summed E-state index contributed by atoms with van der Waals surface area (Å²) < 4.78 is 0. The van der Waals surface area contributed by atoms with Crippen molar-refractivity contribution in [3.05, 3.63) is 29.8 Å². The van der Waals surface area contributed by atoms with Gasteiger partial charge in [0.05, 0.1) is 0 Å². The minimum absolute atomic E-state index is 0.255. The summed E-state index contributed by atoms with van der Waals surface area (Å²) in [6.45, 7) is 1.92. The molecule has 0 aromatic heterocycles. The molecule has 1 saturated heterocycles. The van der Waals surface area contributed by atoms with E-state index in [1.54, 1.807) is 0 Å². The van der Waals surface area contributed by atoms with Gasteiger partial charge in [0.2, 0.25) is 5.91 Å². The molecule has 2 N–H and O–H groups in total. The van der Waals surface area contributed by atoms with Crippen molar-refractivity contribution in [2.45, 2.75) is 18.9 Å². The first-order valence-corrected chi connectivity index (χ1v) is 6.40. The lowest BCUT2D eigenvalue weighted by molar-refractivity contribution is -0.123. The summed E-state index contributed by atoms with van der Waals surface area (Å²) in [5.74, 6) is -0.255. The molecule has 98 valence electrons. The molecule has 4 nitrogen and oxygen atoms in total. The molecule has 1 fully saturated rings. The van der Waals surface area contributed by atoms with E-state index in [4.69, 9.17) is 5.73 Å². The second-order valence-corrected chi connectivity index (χ2v) is 5.03. The van der Waals surface area contributed by atoms with Gasteiger partial charge in [0.15, 0.2) is 0 Å². The van der Waals surface area contributed by atoms with E-state index in [0.29, 0.717) is 0 Å². The summed E-state index contributed by atoms with van der Waals surface area (Å²) in [6, 6.07) is 7.79. The van der Waals surface area contributed by atoms with Crippen LogP contribution in [0.25, 0.3) is 0 Å². The van der Waals surface area contributed by atoms with Gasteiger partial charge in [-0.3, -0.25) is 9.69 Å². The Balaban J connectivity index is 2.22. The first-order chi connectivity index (χ1) is 8.59. The summed E-state index contributed by atoms with van der Waals surface area (Å²) in [7, 11) is 4.00. The molecule has 1 amide bonds. The zero-order valence-corrected chi connectivity index (χ0v) is 11.1. The number of nitrogens with zero attached hydrogens (tertiary/aromatic N) is 2. The van der Waals surface area contributed by atoms with Gasteiger partial charge in [0.25, 0.3) is 0 Å². The highest BCUT2D eigenvalue weighted by molar-refractivity contribution is 5.81. The fourth-order valence-corrected chi connectivity index (χ4v) is 2.51. The summed E-state index contributed by atoms with van der Waals surface area (Å²) in [5.41, 5.74) is 7.68. The number of rotatable bonds is 4. The van der Waals surface area contributed by atoms with Gasteiger partial charge in [-0.2, -0.15) is 0 Å². The Labute approximate surface area is 108 Å². The van der Waals surface area contributed by atoms with Crippen LogP contribution < -0.4 is 10.6 Å². The van der Waals surface area contributed by atoms with Crippen LogP contribution in [0.15, 0.2) is 24.3 Å². The highest BCUT2D eigenvalue weighted by Gasteiger charge is 2.27. The number of carbonyl (C=O) groups excluding carboxylic acids is 1. The summed E-state index contributed by atoms with van der Waals surface area (Å²) >= 11 is 0. The molecule has 0 aliphatic carbocycles. The van der Waals surface area contributed by atoms with Gasteiger partial charge in [0.1, 0.15) is 6.04 Å². The van der Waals surface area contributed by atoms with E-state index < -0.39 is 0 Å². The average Bonchev–Trinajstić information content (AvgIpc) is 2.83. The third kappa shape index (κ3) is 2.64. The lowest BCUT2D eigenvalue weighted by Crippen LogP contribution is -2.36. The third-order valence-corrected chi connectivity index (χ3v) is 3.50. The van der Waals surface area contributed by atoms with Gasteiger partial charge in [-0.1, -0.05) is 12.1 Å². The Morgan fingerprint density at radius 1 is 1.22 bits per heavy atom. The molecule has 1 aromatic rings. The standard InChI is InChI=1S/C14H21N3O/c1-16(2)12-7-5-11(6-8-12)13(14(15)18)17-9-3-4-10-17/h5-8,13H,3-4,9-10H2,1-2H3,(H2,15,18). The van der Waals surface area contributed by atoms with E-state index in [1.165, 1.54) is 0 Å². The monoisotopic (exact) mass is 247 g/mol. The molecule has 2 rings (SSSR count). The maximum atomic E-state index is 11.7. The molecule has 18 heavy (non-hydrogen) atoms. The summed E-state index contributed by atoms with van der Waals surface area (Å²) in [6.07, 6.45) is 2.30.